The molecule has 116 valence electrons. The van der Waals surface area contributed by atoms with E-state index in [1.54, 1.807) is 0 Å². The third kappa shape index (κ3) is 5.09. The summed E-state index contributed by atoms with van der Waals surface area (Å²) in [7, 11) is 1.92. The molecule has 2 aromatic heterocycles. The zero-order valence-corrected chi connectivity index (χ0v) is 14.0. The molecule has 0 saturated carbocycles. The summed E-state index contributed by atoms with van der Waals surface area (Å²) in [5, 5.41) is 3.98. The molecule has 5 heteroatoms. The van der Waals surface area contributed by atoms with Crippen LogP contribution in [0.3, 0.4) is 0 Å². The number of hydrogen-bond acceptors (Lipinski definition) is 4. The number of nitrogens with one attached hydrogen (secondary N) is 1. The van der Waals surface area contributed by atoms with Crippen LogP contribution in [0.2, 0.25) is 0 Å². The molecular formula is C16H27N5. The molecule has 0 aromatic carbocycles. The maximum absolute atomic E-state index is 5.85. The van der Waals surface area contributed by atoms with Gasteiger partial charge < -0.3 is 15.6 Å². The number of nitrogens with two attached hydrogens (primary N) is 1. The Morgan fingerprint density at radius 1 is 1.24 bits per heavy atom. The molecule has 2 heterocycles. The predicted octanol–water partition coefficient (Wildman–Crippen LogP) is 2.56. The predicted molar refractivity (Wildman–Crippen MR) is 91.0 cm³/mol. The Hall–Kier alpha value is -2.06. The molecule has 0 spiro atoms. The Balaban J connectivity index is 0.000000921. The van der Waals surface area contributed by atoms with E-state index in [1.165, 1.54) is 6.33 Å². The SMILES string of the molecule is CC.CC.CCNCC#Cc1cn(C)c2ncnc(N)c12. The number of aromatic nitrogens is 3. The number of nitrogens with zero attached hydrogens (tertiary/aromatic N) is 3. The highest BCUT2D eigenvalue weighted by molar-refractivity contribution is 5.92. The molecule has 0 bridgehead atoms. The van der Waals surface area contributed by atoms with E-state index >= 15 is 0 Å². The van der Waals surface area contributed by atoms with Gasteiger partial charge in [-0.2, -0.15) is 0 Å². The van der Waals surface area contributed by atoms with Gasteiger partial charge in [0.1, 0.15) is 17.8 Å². The van der Waals surface area contributed by atoms with Gasteiger partial charge in [-0.05, 0) is 6.54 Å². The second-order valence-corrected chi connectivity index (χ2v) is 3.69. The van der Waals surface area contributed by atoms with E-state index in [2.05, 4.69) is 27.1 Å². The minimum Gasteiger partial charge on any atom is -0.383 e. The first-order valence-electron chi connectivity index (χ1n) is 7.49. The summed E-state index contributed by atoms with van der Waals surface area (Å²) in [5.41, 5.74) is 7.54. The van der Waals surface area contributed by atoms with Crippen LogP contribution in [-0.2, 0) is 7.05 Å². The fourth-order valence-electron chi connectivity index (χ4n) is 1.66. The van der Waals surface area contributed by atoms with Gasteiger partial charge in [-0.1, -0.05) is 46.5 Å². The van der Waals surface area contributed by atoms with Crippen LogP contribution < -0.4 is 11.1 Å². The molecule has 0 unspecified atom stereocenters. The van der Waals surface area contributed by atoms with Gasteiger partial charge in [-0.25, -0.2) is 9.97 Å². The summed E-state index contributed by atoms with van der Waals surface area (Å²) in [6.45, 7) is 11.6. The van der Waals surface area contributed by atoms with E-state index < -0.39 is 0 Å². The summed E-state index contributed by atoms with van der Waals surface area (Å²) >= 11 is 0. The highest BCUT2D eigenvalue weighted by atomic mass is 15.0. The van der Waals surface area contributed by atoms with Crippen molar-refractivity contribution >= 4 is 16.9 Å². The topological polar surface area (TPSA) is 68.8 Å². The number of rotatable bonds is 2. The first kappa shape index (κ1) is 18.9. The number of fused-ring (bicyclic) bond motifs is 1. The molecule has 0 fully saturated rings. The first-order chi connectivity index (χ1) is 10.2. The van der Waals surface area contributed by atoms with E-state index in [9.17, 15) is 0 Å². The maximum Gasteiger partial charge on any atom is 0.146 e. The lowest BCUT2D eigenvalue weighted by molar-refractivity contribution is 0.811. The lowest BCUT2D eigenvalue weighted by atomic mass is 10.2. The van der Waals surface area contributed by atoms with Crippen molar-refractivity contribution in [2.75, 3.05) is 18.8 Å². The van der Waals surface area contributed by atoms with Gasteiger partial charge >= 0.3 is 0 Å². The lowest BCUT2D eigenvalue weighted by Crippen LogP contribution is -2.11. The van der Waals surface area contributed by atoms with Gasteiger partial charge in [0.25, 0.3) is 0 Å². The molecule has 0 amide bonds. The van der Waals surface area contributed by atoms with Crippen LogP contribution in [0.5, 0.6) is 0 Å². The van der Waals surface area contributed by atoms with Crippen molar-refractivity contribution in [2.24, 2.45) is 7.05 Å². The monoisotopic (exact) mass is 289 g/mol. The molecule has 0 aliphatic rings. The molecule has 0 atom stereocenters. The second-order valence-electron chi connectivity index (χ2n) is 3.69. The Kier molecular flexibility index (Phi) is 9.65. The zero-order valence-electron chi connectivity index (χ0n) is 14.0. The molecule has 0 saturated heterocycles. The van der Waals surface area contributed by atoms with Gasteiger partial charge in [0.2, 0.25) is 0 Å². The van der Waals surface area contributed by atoms with Crippen molar-refractivity contribution in [1.82, 2.24) is 19.9 Å². The fraction of sp³-hybridized carbons (Fsp3) is 0.500. The van der Waals surface area contributed by atoms with Gasteiger partial charge in [0.15, 0.2) is 0 Å². The normalized spacial score (nSPS) is 8.86. The highest BCUT2D eigenvalue weighted by Crippen LogP contribution is 2.21. The van der Waals surface area contributed by atoms with Crippen LogP contribution in [0, 0.1) is 11.8 Å². The Morgan fingerprint density at radius 2 is 1.90 bits per heavy atom. The molecule has 21 heavy (non-hydrogen) atoms. The van der Waals surface area contributed by atoms with Crippen molar-refractivity contribution in [2.45, 2.75) is 34.6 Å². The minimum atomic E-state index is 0.475. The van der Waals surface area contributed by atoms with E-state index in [-0.39, 0.29) is 0 Å². The summed E-state index contributed by atoms with van der Waals surface area (Å²) in [6, 6.07) is 0. The average Bonchev–Trinajstić information content (AvgIpc) is 2.86. The van der Waals surface area contributed by atoms with Crippen LogP contribution in [-0.4, -0.2) is 27.6 Å². The molecule has 3 N–H and O–H groups in total. The fourth-order valence-corrected chi connectivity index (χ4v) is 1.66. The summed E-state index contributed by atoms with van der Waals surface area (Å²) < 4.78 is 1.91. The maximum atomic E-state index is 5.85. The van der Waals surface area contributed by atoms with E-state index in [1.807, 2.05) is 52.4 Å². The zero-order chi connectivity index (χ0) is 16.3. The molecular weight excluding hydrogens is 262 g/mol. The second kappa shape index (κ2) is 10.7. The Labute approximate surface area is 128 Å². The number of hydrogen-bond donors (Lipinski definition) is 2. The molecule has 0 aliphatic carbocycles. The quantitative estimate of drug-likeness (QED) is 0.658. The van der Waals surface area contributed by atoms with E-state index in [0.29, 0.717) is 12.4 Å². The van der Waals surface area contributed by atoms with Crippen molar-refractivity contribution in [1.29, 1.82) is 0 Å². The standard InChI is InChI=1S/C12H15N5.2C2H6/c1-3-14-6-4-5-9-7-17(2)12-10(9)11(13)15-8-16-12;2*1-2/h7-8,14H,3,6H2,1-2H3,(H2,13,15,16);2*1-2H3. The summed E-state index contributed by atoms with van der Waals surface area (Å²) in [6.07, 6.45) is 3.39. The van der Waals surface area contributed by atoms with Gasteiger partial charge in [-0.15, -0.1) is 0 Å². The van der Waals surface area contributed by atoms with E-state index in [4.69, 9.17) is 5.73 Å². The van der Waals surface area contributed by atoms with Crippen LogP contribution in [0.4, 0.5) is 5.82 Å². The molecule has 0 radical (unpaired) electrons. The highest BCUT2D eigenvalue weighted by Gasteiger charge is 2.09. The van der Waals surface area contributed by atoms with Crippen molar-refractivity contribution in [3.05, 3.63) is 18.1 Å². The first-order valence-corrected chi connectivity index (χ1v) is 7.49. The minimum absolute atomic E-state index is 0.475. The lowest BCUT2D eigenvalue weighted by Gasteiger charge is -1.95. The van der Waals surface area contributed by atoms with E-state index in [0.717, 1.165) is 23.1 Å². The number of aryl methyl sites for hydroxylation is 1. The molecule has 0 aliphatic heterocycles. The molecule has 2 aromatic rings. The Bertz CT molecular complexity index is 590. The van der Waals surface area contributed by atoms with Crippen LogP contribution in [0.15, 0.2) is 12.5 Å². The van der Waals surface area contributed by atoms with Gasteiger partial charge in [0, 0.05) is 13.2 Å². The Morgan fingerprint density at radius 3 is 2.52 bits per heavy atom. The van der Waals surface area contributed by atoms with Crippen LogP contribution in [0.25, 0.3) is 11.0 Å². The van der Waals surface area contributed by atoms with Crippen LogP contribution in [0.1, 0.15) is 40.2 Å². The smallest absolute Gasteiger partial charge is 0.146 e. The van der Waals surface area contributed by atoms with Crippen molar-refractivity contribution in [3.63, 3.8) is 0 Å². The van der Waals surface area contributed by atoms with Crippen molar-refractivity contribution < 1.29 is 0 Å². The van der Waals surface area contributed by atoms with Gasteiger partial charge in [-0.3, -0.25) is 0 Å². The molecule has 2 rings (SSSR count). The third-order valence-electron chi connectivity index (χ3n) is 2.47. The molecule has 5 nitrogen and oxygen atoms in total. The van der Waals surface area contributed by atoms with Gasteiger partial charge in [0.05, 0.1) is 17.5 Å². The summed E-state index contributed by atoms with van der Waals surface area (Å²) in [5.74, 6) is 6.62. The van der Waals surface area contributed by atoms with Crippen molar-refractivity contribution in [3.8, 4) is 11.8 Å². The third-order valence-corrected chi connectivity index (χ3v) is 2.47. The summed E-state index contributed by atoms with van der Waals surface area (Å²) in [4.78, 5) is 8.19. The number of anilines is 1. The van der Waals surface area contributed by atoms with Crippen LogP contribution >= 0.6 is 0 Å². The average molecular weight is 289 g/mol. The largest absolute Gasteiger partial charge is 0.383 e. The number of nitrogen functional groups attached to an aromatic ring is 1.